The quantitative estimate of drug-likeness (QED) is 0.184. The summed E-state index contributed by atoms with van der Waals surface area (Å²) in [7, 11) is 0. The molecular weight excluding hydrogens is 616 g/mol. The molecule has 0 aliphatic carbocycles. The van der Waals surface area contributed by atoms with E-state index >= 15 is 8.78 Å². The van der Waals surface area contributed by atoms with Crippen LogP contribution >= 0.6 is 23.2 Å². The first-order chi connectivity index (χ1) is 20.1. The van der Waals surface area contributed by atoms with Crippen LogP contribution in [0.15, 0.2) is 66.7 Å². The fraction of sp³-hybridized carbons (Fsp3) is 0.233. The van der Waals surface area contributed by atoms with Gasteiger partial charge in [-0.1, -0.05) is 47.0 Å². The second-order valence-corrected chi connectivity index (χ2v) is 11.0. The number of halogens is 7. The van der Waals surface area contributed by atoms with E-state index in [2.05, 4.69) is 23.3 Å². The molecule has 3 N–H and O–H groups in total. The molecular formula is C30H22Cl2F5N3O3. The van der Waals surface area contributed by atoms with E-state index in [4.69, 9.17) is 23.2 Å². The van der Waals surface area contributed by atoms with Crippen LogP contribution < -0.4 is 10.6 Å². The monoisotopic (exact) mass is 637 g/mol. The van der Waals surface area contributed by atoms with E-state index in [1.165, 1.54) is 30.3 Å². The minimum Gasteiger partial charge on any atom is -0.478 e. The molecule has 13 heteroatoms. The average molecular weight is 638 g/mol. The normalized spacial score (nSPS) is 21.7. The second-order valence-electron chi connectivity index (χ2n) is 10.1. The van der Waals surface area contributed by atoms with Crippen molar-refractivity contribution in [2.75, 3.05) is 5.32 Å². The molecule has 1 aliphatic rings. The molecule has 3 aromatic rings. The molecule has 0 unspecified atom stereocenters. The highest BCUT2D eigenvalue weighted by Crippen LogP contribution is 2.52. The zero-order valence-corrected chi connectivity index (χ0v) is 23.7. The summed E-state index contributed by atoms with van der Waals surface area (Å²) >= 11 is 12.0. The van der Waals surface area contributed by atoms with E-state index in [-0.39, 0.29) is 27.6 Å². The van der Waals surface area contributed by atoms with Crippen molar-refractivity contribution in [2.45, 2.75) is 42.9 Å². The van der Waals surface area contributed by atoms with Gasteiger partial charge in [0.15, 0.2) is 0 Å². The molecule has 1 heterocycles. The lowest BCUT2D eigenvalue weighted by Crippen LogP contribution is -2.43. The number of carbonyl (C=O) groups excluding carboxylic acids is 1. The van der Waals surface area contributed by atoms with E-state index in [0.717, 1.165) is 12.1 Å². The first-order valence-corrected chi connectivity index (χ1v) is 13.3. The fourth-order valence-corrected chi connectivity index (χ4v) is 5.90. The van der Waals surface area contributed by atoms with Gasteiger partial charge in [-0.3, -0.25) is 4.79 Å². The Morgan fingerprint density at radius 1 is 1.14 bits per heavy atom. The van der Waals surface area contributed by atoms with Gasteiger partial charge in [0.05, 0.1) is 28.3 Å². The van der Waals surface area contributed by atoms with Crippen molar-refractivity contribution in [1.82, 2.24) is 5.32 Å². The van der Waals surface area contributed by atoms with E-state index in [1.807, 2.05) is 0 Å². The molecule has 1 saturated heterocycles. The lowest BCUT2D eigenvalue weighted by molar-refractivity contribution is -0.138. The SMILES string of the molecule is C=C(C)C[C@@H]1N[C@@H](C(=O)Nc2ccc(C(=O)O)c(C(F)(F)F)c2)[C@H](c2cccc(Cl)c2F)[C@@]1(C#N)c1ccc(Cl)cc1F. The Hall–Kier alpha value is -3.98. The maximum Gasteiger partial charge on any atom is 0.417 e. The van der Waals surface area contributed by atoms with Gasteiger partial charge >= 0.3 is 12.1 Å². The van der Waals surface area contributed by atoms with Crippen molar-refractivity contribution in [1.29, 1.82) is 5.26 Å². The van der Waals surface area contributed by atoms with Crippen LogP contribution in [-0.2, 0) is 16.4 Å². The lowest BCUT2D eigenvalue weighted by Gasteiger charge is -2.35. The van der Waals surface area contributed by atoms with Crippen molar-refractivity contribution in [3.63, 3.8) is 0 Å². The molecule has 0 aromatic heterocycles. The van der Waals surface area contributed by atoms with Gasteiger partial charge < -0.3 is 15.7 Å². The van der Waals surface area contributed by atoms with E-state index < -0.39 is 69.9 Å². The third-order valence-electron chi connectivity index (χ3n) is 7.29. The van der Waals surface area contributed by atoms with Crippen LogP contribution in [0.3, 0.4) is 0 Å². The van der Waals surface area contributed by atoms with E-state index in [0.29, 0.717) is 17.7 Å². The first-order valence-electron chi connectivity index (χ1n) is 12.6. The highest BCUT2D eigenvalue weighted by Gasteiger charge is 2.60. The fourth-order valence-electron chi connectivity index (χ4n) is 5.56. The predicted octanol–water partition coefficient (Wildman–Crippen LogP) is 7.48. The summed E-state index contributed by atoms with van der Waals surface area (Å²) in [4.78, 5) is 25.2. The summed E-state index contributed by atoms with van der Waals surface area (Å²) in [5.74, 6) is -6.19. The van der Waals surface area contributed by atoms with Gasteiger partial charge in [-0.05, 0) is 55.3 Å². The molecule has 3 aromatic carbocycles. The van der Waals surface area contributed by atoms with Crippen molar-refractivity contribution in [3.05, 3.63) is 111 Å². The Balaban J connectivity index is 1.92. The number of nitrogens with one attached hydrogen (secondary N) is 2. The van der Waals surface area contributed by atoms with Gasteiger partial charge in [0.1, 0.15) is 17.0 Å². The average Bonchev–Trinajstić information content (AvgIpc) is 3.23. The van der Waals surface area contributed by atoms with Crippen molar-refractivity contribution in [2.24, 2.45) is 0 Å². The number of amides is 1. The summed E-state index contributed by atoms with van der Waals surface area (Å²) in [6.45, 7) is 5.49. The maximum absolute atomic E-state index is 15.7. The number of carboxylic acid groups (broad SMARTS) is 1. The number of nitrogens with zero attached hydrogens (tertiary/aromatic N) is 1. The topological polar surface area (TPSA) is 102 Å². The molecule has 0 bridgehead atoms. The highest BCUT2D eigenvalue weighted by molar-refractivity contribution is 6.31. The van der Waals surface area contributed by atoms with E-state index in [1.54, 1.807) is 6.92 Å². The molecule has 4 rings (SSSR count). The number of alkyl halides is 3. The number of aromatic carboxylic acids is 1. The minimum atomic E-state index is -5.07. The molecule has 43 heavy (non-hydrogen) atoms. The maximum atomic E-state index is 15.7. The van der Waals surface area contributed by atoms with Gasteiger partial charge in [-0.15, -0.1) is 6.58 Å². The minimum absolute atomic E-state index is 0.0156. The Morgan fingerprint density at radius 2 is 1.84 bits per heavy atom. The smallest absolute Gasteiger partial charge is 0.417 e. The van der Waals surface area contributed by atoms with Gasteiger partial charge in [0.2, 0.25) is 5.91 Å². The summed E-state index contributed by atoms with van der Waals surface area (Å²) < 4.78 is 72.1. The van der Waals surface area contributed by atoms with Crippen molar-refractivity contribution >= 4 is 40.8 Å². The van der Waals surface area contributed by atoms with E-state index in [9.17, 15) is 33.1 Å². The second kappa shape index (κ2) is 12.0. The standard InChI is InChI=1S/C30H22Cl2F5N3O3/c1-14(2)10-23-29(13-38,19-9-6-15(31)11-22(19)33)24(18-4-3-5-21(32)25(18)34)26(40-23)27(41)39-16-7-8-17(28(42)43)20(12-16)30(35,36)37/h3-9,11-12,23-24,26,40H,1,10H2,2H3,(H,39,41)(H,42,43)/t23-,24-,26+,29-/m0/s1. The van der Waals surface area contributed by atoms with Crippen LogP contribution in [-0.4, -0.2) is 29.1 Å². The number of carbonyl (C=O) groups is 2. The van der Waals surface area contributed by atoms with Crippen molar-refractivity contribution < 1.29 is 36.6 Å². The van der Waals surface area contributed by atoms with Gasteiger partial charge in [-0.25, -0.2) is 13.6 Å². The number of nitriles is 1. The van der Waals surface area contributed by atoms with Crippen LogP contribution in [0.2, 0.25) is 10.0 Å². The van der Waals surface area contributed by atoms with Crippen LogP contribution in [0.4, 0.5) is 27.6 Å². The predicted molar refractivity (Wildman–Crippen MR) is 150 cm³/mol. The van der Waals surface area contributed by atoms with Gasteiger partial charge in [0, 0.05) is 28.2 Å². The van der Waals surface area contributed by atoms with Crippen LogP contribution in [0, 0.1) is 23.0 Å². The molecule has 1 fully saturated rings. The third kappa shape index (κ3) is 5.95. The van der Waals surface area contributed by atoms with Crippen LogP contribution in [0.5, 0.6) is 0 Å². The number of carboxylic acids is 1. The first kappa shape index (κ1) is 31.9. The Morgan fingerprint density at radius 3 is 2.42 bits per heavy atom. The van der Waals surface area contributed by atoms with Gasteiger partial charge in [0.25, 0.3) is 0 Å². The molecule has 0 spiro atoms. The number of hydrogen-bond donors (Lipinski definition) is 3. The summed E-state index contributed by atoms with van der Waals surface area (Å²) in [5.41, 5.74) is -4.85. The number of anilines is 1. The Kier molecular flexibility index (Phi) is 8.88. The van der Waals surface area contributed by atoms with Gasteiger partial charge in [-0.2, -0.15) is 18.4 Å². The summed E-state index contributed by atoms with van der Waals surface area (Å²) in [6, 6.07) is 9.08. The summed E-state index contributed by atoms with van der Waals surface area (Å²) in [6.07, 6.45) is -5.05. The molecule has 0 radical (unpaired) electrons. The highest BCUT2D eigenvalue weighted by atomic mass is 35.5. The molecule has 1 aliphatic heterocycles. The van der Waals surface area contributed by atoms with Crippen LogP contribution in [0.25, 0.3) is 0 Å². The molecule has 4 atom stereocenters. The van der Waals surface area contributed by atoms with Crippen LogP contribution in [0.1, 0.15) is 46.3 Å². The Labute approximate surface area is 252 Å². The third-order valence-corrected chi connectivity index (χ3v) is 7.82. The number of hydrogen-bond acceptors (Lipinski definition) is 4. The molecule has 0 saturated carbocycles. The number of rotatable bonds is 7. The molecule has 224 valence electrons. The summed E-state index contributed by atoms with van der Waals surface area (Å²) in [5, 5.41) is 24.9. The molecule has 6 nitrogen and oxygen atoms in total. The largest absolute Gasteiger partial charge is 0.478 e. The Bertz CT molecular complexity index is 1670. The molecule has 1 amide bonds. The lowest BCUT2D eigenvalue weighted by atomic mass is 9.64. The zero-order valence-electron chi connectivity index (χ0n) is 22.2. The number of benzene rings is 3. The zero-order chi connectivity index (χ0) is 31.9. The van der Waals surface area contributed by atoms with Crippen molar-refractivity contribution in [3.8, 4) is 6.07 Å².